The van der Waals surface area contributed by atoms with Crippen LogP contribution >= 0.6 is 0 Å². The van der Waals surface area contributed by atoms with E-state index in [4.69, 9.17) is 9.84 Å². The molecule has 8 nitrogen and oxygen atoms in total. The van der Waals surface area contributed by atoms with Gasteiger partial charge in [0.2, 0.25) is 0 Å². The van der Waals surface area contributed by atoms with Gasteiger partial charge in [0.05, 0.1) is 28.9 Å². The van der Waals surface area contributed by atoms with Crippen LogP contribution in [-0.4, -0.2) is 56.5 Å². The first kappa shape index (κ1) is 26.9. The van der Waals surface area contributed by atoms with Gasteiger partial charge < -0.3 is 19.9 Å². The van der Waals surface area contributed by atoms with Gasteiger partial charge in [0, 0.05) is 37.3 Å². The zero-order valence-electron chi connectivity index (χ0n) is 23.0. The molecular weight excluding hydrogens is 533 g/mol. The fourth-order valence-electron chi connectivity index (χ4n) is 5.59. The molecule has 2 aromatic carbocycles. The highest BCUT2D eigenvalue weighted by atomic mass is 19.4. The minimum absolute atomic E-state index is 0.0121. The highest BCUT2D eigenvalue weighted by molar-refractivity contribution is 5.93. The van der Waals surface area contributed by atoms with Crippen molar-refractivity contribution in [2.45, 2.75) is 57.6 Å². The molecule has 2 bridgehead atoms. The number of piperazine rings is 1. The lowest BCUT2D eigenvalue weighted by Crippen LogP contribution is -2.50. The number of nitrogens with one attached hydrogen (secondary N) is 1. The molecule has 0 radical (unpaired) electrons. The Balaban J connectivity index is 1.33. The van der Waals surface area contributed by atoms with E-state index < -0.39 is 17.3 Å². The van der Waals surface area contributed by atoms with Crippen LogP contribution in [0.15, 0.2) is 66.9 Å². The molecule has 2 aliphatic heterocycles. The zero-order chi connectivity index (χ0) is 28.9. The van der Waals surface area contributed by atoms with E-state index in [-0.39, 0.29) is 18.2 Å². The molecule has 0 unspecified atom stereocenters. The SMILES string of the molecule is CC(C)(C)OC(=O)N1C[C@@H]2C[C@H]1CN2c1nn(-c2ccnc(NCc3ccccc3)c2)c2cc(C(F)(F)F)ccc12. The third-order valence-electron chi connectivity index (χ3n) is 7.43. The van der Waals surface area contributed by atoms with E-state index in [1.165, 1.54) is 6.07 Å². The Bertz CT molecular complexity index is 1580. The quantitative estimate of drug-likeness (QED) is 0.309. The monoisotopic (exact) mass is 564 g/mol. The van der Waals surface area contributed by atoms with Crippen molar-refractivity contribution in [3.05, 3.63) is 78.0 Å². The fourth-order valence-corrected chi connectivity index (χ4v) is 5.59. The molecule has 2 aliphatic rings. The van der Waals surface area contributed by atoms with Crippen LogP contribution in [0.5, 0.6) is 0 Å². The van der Waals surface area contributed by atoms with Crippen LogP contribution in [0.3, 0.4) is 0 Å². The maximum absolute atomic E-state index is 13.7. The van der Waals surface area contributed by atoms with Crippen molar-refractivity contribution in [3.8, 4) is 5.69 Å². The second-order valence-corrected chi connectivity index (χ2v) is 11.5. The third-order valence-corrected chi connectivity index (χ3v) is 7.43. The summed E-state index contributed by atoms with van der Waals surface area (Å²) < 4.78 is 48.3. The first-order valence-electron chi connectivity index (χ1n) is 13.6. The van der Waals surface area contributed by atoms with Crippen molar-refractivity contribution >= 4 is 28.6 Å². The van der Waals surface area contributed by atoms with Crippen LogP contribution in [0.2, 0.25) is 0 Å². The summed E-state index contributed by atoms with van der Waals surface area (Å²) in [5.41, 5.74) is 0.676. The molecule has 2 atom stereocenters. The van der Waals surface area contributed by atoms with Crippen molar-refractivity contribution in [2.24, 2.45) is 0 Å². The number of fused-ring (bicyclic) bond motifs is 3. The molecule has 4 aromatic rings. The van der Waals surface area contributed by atoms with E-state index in [0.717, 1.165) is 24.1 Å². The molecule has 1 N–H and O–H groups in total. The normalized spacial score (nSPS) is 18.8. The van der Waals surface area contributed by atoms with Crippen LogP contribution in [0, 0.1) is 0 Å². The Labute approximate surface area is 235 Å². The predicted octanol–water partition coefficient (Wildman–Crippen LogP) is 6.25. The molecule has 1 amide bonds. The molecule has 41 heavy (non-hydrogen) atoms. The number of aromatic nitrogens is 3. The van der Waals surface area contributed by atoms with Gasteiger partial charge in [0.25, 0.3) is 0 Å². The zero-order valence-corrected chi connectivity index (χ0v) is 23.0. The molecule has 4 heterocycles. The summed E-state index contributed by atoms with van der Waals surface area (Å²) in [5.74, 6) is 1.18. The number of carbonyl (C=O) groups excluding carboxylic acids is 1. The topological polar surface area (TPSA) is 75.5 Å². The second kappa shape index (κ2) is 9.97. The van der Waals surface area contributed by atoms with E-state index >= 15 is 0 Å². The Kier molecular flexibility index (Phi) is 6.55. The summed E-state index contributed by atoms with van der Waals surface area (Å²) in [6.07, 6.45) is -2.48. The molecule has 6 rings (SSSR count). The molecule has 2 saturated heterocycles. The highest BCUT2D eigenvalue weighted by Crippen LogP contribution is 2.40. The number of anilines is 2. The number of benzene rings is 2. The van der Waals surface area contributed by atoms with Crippen molar-refractivity contribution in [1.82, 2.24) is 19.7 Å². The van der Waals surface area contributed by atoms with Crippen molar-refractivity contribution in [2.75, 3.05) is 23.3 Å². The predicted molar refractivity (Wildman–Crippen MR) is 150 cm³/mol. The fraction of sp³-hybridized carbons (Fsp3) is 0.367. The maximum Gasteiger partial charge on any atom is 0.416 e. The molecule has 214 valence electrons. The number of nitrogens with zero attached hydrogens (tertiary/aromatic N) is 5. The van der Waals surface area contributed by atoms with Crippen molar-refractivity contribution < 1.29 is 22.7 Å². The lowest BCUT2D eigenvalue weighted by molar-refractivity contribution is -0.137. The second-order valence-electron chi connectivity index (χ2n) is 11.5. The van der Waals surface area contributed by atoms with E-state index in [1.807, 2.05) is 51.1 Å². The van der Waals surface area contributed by atoms with Crippen LogP contribution in [-0.2, 0) is 17.5 Å². The summed E-state index contributed by atoms with van der Waals surface area (Å²) in [4.78, 5) is 21.0. The average molecular weight is 565 g/mol. The number of hydrogen-bond acceptors (Lipinski definition) is 6. The van der Waals surface area contributed by atoms with E-state index in [1.54, 1.807) is 27.9 Å². The molecular formula is C30H31F3N6O2. The van der Waals surface area contributed by atoms with Gasteiger partial charge in [-0.1, -0.05) is 30.3 Å². The van der Waals surface area contributed by atoms with Gasteiger partial charge >= 0.3 is 12.3 Å². The van der Waals surface area contributed by atoms with Crippen LogP contribution < -0.4 is 10.2 Å². The van der Waals surface area contributed by atoms with Crippen molar-refractivity contribution in [1.29, 1.82) is 0 Å². The van der Waals surface area contributed by atoms with E-state index in [9.17, 15) is 18.0 Å². The van der Waals surface area contributed by atoms with Crippen molar-refractivity contribution in [3.63, 3.8) is 0 Å². The maximum atomic E-state index is 13.7. The lowest BCUT2D eigenvalue weighted by atomic mass is 10.1. The Morgan fingerprint density at radius 2 is 1.80 bits per heavy atom. The number of ether oxygens (including phenoxy) is 1. The number of halogens is 3. The van der Waals surface area contributed by atoms with Gasteiger partial charge in [-0.25, -0.2) is 14.5 Å². The first-order valence-corrected chi connectivity index (χ1v) is 13.6. The summed E-state index contributed by atoms with van der Waals surface area (Å²) >= 11 is 0. The van der Waals surface area contributed by atoms with Gasteiger partial charge in [0.1, 0.15) is 11.4 Å². The number of pyridine rings is 1. The van der Waals surface area contributed by atoms with Gasteiger partial charge in [0.15, 0.2) is 5.82 Å². The summed E-state index contributed by atoms with van der Waals surface area (Å²) in [5, 5.41) is 8.75. The first-order chi connectivity index (χ1) is 19.5. The molecule has 2 aromatic heterocycles. The summed E-state index contributed by atoms with van der Waals surface area (Å²) in [6.45, 7) is 7.05. The average Bonchev–Trinajstić information content (AvgIpc) is 3.64. The molecule has 0 spiro atoms. The van der Waals surface area contributed by atoms with Gasteiger partial charge in [-0.15, -0.1) is 5.10 Å². The number of amides is 1. The van der Waals surface area contributed by atoms with Gasteiger partial charge in [-0.3, -0.25) is 0 Å². The van der Waals surface area contributed by atoms with Crippen LogP contribution in [0.25, 0.3) is 16.6 Å². The minimum Gasteiger partial charge on any atom is -0.444 e. The number of rotatable bonds is 5. The Morgan fingerprint density at radius 3 is 2.49 bits per heavy atom. The number of alkyl halides is 3. The number of carbonyl (C=O) groups is 1. The Morgan fingerprint density at radius 1 is 1.02 bits per heavy atom. The molecule has 0 saturated carbocycles. The minimum atomic E-state index is -4.50. The largest absolute Gasteiger partial charge is 0.444 e. The number of likely N-dealkylation sites (tertiary alicyclic amines) is 1. The van der Waals surface area contributed by atoms with Gasteiger partial charge in [-0.2, -0.15) is 13.2 Å². The third kappa shape index (κ3) is 5.40. The Hall–Kier alpha value is -4.28. The highest BCUT2D eigenvalue weighted by Gasteiger charge is 2.47. The van der Waals surface area contributed by atoms with Crippen LogP contribution in [0.1, 0.15) is 38.3 Å². The van der Waals surface area contributed by atoms with Crippen LogP contribution in [0.4, 0.5) is 29.6 Å². The van der Waals surface area contributed by atoms with Gasteiger partial charge in [-0.05, 0) is 57.0 Å². The smallest absolute Gasteiger partial charge is 0.416 e. The molecule has 2 fully saturated rings. The standard InChI is InChI=1S/C30H31F3N6O2/c1-29(2,3)41-28(40)38-18-22-14-23(38)17-37(22)27-24-10-9-20(30(31,32)33)13-25(24)39(36-27)21-11-12-34-26(15-21)35-16-19-7-5-4-6-8-19/h4-13,15,22-23H,14,16-18H2,1-3H3,(H,34,35)/t22-,23-/m0/s1. The lowest BCUT2D eigenvalue weighted by Gasteiger charge is -2.35. The summed E-state index contributed by atoms with van der Waals surface area (Å²) in [6, 6.07) is 17.0. The molecule has 0 aliphatic carbocycles. The summed E-state index contributed by atoms with van der Waals surface area (Å²) in [7, 11) is 0. The molecule has 11 heteroatoms. The van der Waals surface area contributed by atoms with E-state index in [2.05, 4.69) is 15.2 Å². The van der Waals surface area contributed by atoms with E-state index in [0.29, 0.717) is 47.9 Å². The number of hydrogen-bond donors (Lipinski definition) is 1.